The average molecular weight is 444 g/mol. The van der Waals surface area contributed by atoms with Crippen molar-refractivity contribution in [3.8, 4) is 5.75 Å². The van der Waals surface area contributed by atoms with E-state index in [1.807, 2.05) is 6.07 Å². The van der Waals surface area contributed by atoms with Crippen LogP contribution in [0.4, 0.5) is 0 Å². The van der Waals surface area contributed by atoms with Crippen molar-refractivity contribution in [3.63, 3.8) is 0 Å². The quantitative estimate of drug-likeness (QED) is 0.533. The third-order valence-corrected chi connectivity index (χ3v) is 9.05. The summed E-state index contributed by atoms with van der Waals surface area (Å²) in [6.45, 7) is 0. The van der Waals surface area contributed by atoms with Crippen molar-refractivity contribution in [1.82, 2.24) is 4.98 Å². The maximum absolute atomic E-state index is 13.7. The zero-order valence-corrected chi connectivity index (χ0v) is 18.0. The molecule has 30 heavy (non-hydrogen) atoms. The first kappa shape index (κ1) is 20.7. The number of nitrogens with zero attached hydrogens (tertiary/aromatic N) is 1. The first-order valence-electron chi connectivity index (χ1n) is 9.70. The molecule has 1 aliphatic carbocycles. The third kappa shape index (κ3) is 3.77. The molecular formula is C22H21NO5S2. The van der Waals surface area contributed by atoms with Gasteiger partial charge in [0.05, 0.1) is 22.9 Å². The van der Waals surface area contributed by atoms with Crippen LogP contribution >= 0.6 is 11.3 Å². The fourth-order valence-corrected chi connectivity index (χ4v) is 7.34. The summed E-state index contributed by atoms with van der Waals surface area (Å²) in [6.07, 6.45) is 1.58. The average Bonchev–Trinajstić information content (AvgIpc) is 3.19. The molecule has 6 nitrogen and oxygen atoms in total. The van der Waals surface area contributed by atoms with Crippen LogP contribution in [0.2, 0.25) is 0 Å². The molecule has 0 spiro atoms. The van der Waals surface area contributed by atoms with Gasteiger partial charge in [-0.15, -0.1) is 11.3 Å². The Hall–Kier alpha value is -2.58. The Bertz CT molecular complexity index is 1180. The molecule has 0 radical (unpaired) electrons. The number of rotatable bonds is 6. The van der Waals surface area contributed by atoms with E-state index >= 15 is 0 Å². The Kier molecular flexibility index (Phi) is 5.71. The van der Waals surface area contributed by atoms with Crippen LogP contribution in [0.3, 0.4) is 0 Å². The van der Waals surface area contributed by atoms with Gasteiger partial charge in [-0.05, 0) is 43.0 Å². The number of thiazole rings is 1. The summed E-state index contributed by atoms with van der Waals surface area (Å²) < 4.78 is 33.3. The Morgan fingerprint density at radius 1 is 1.17 bits per heavy atom. The highest BCUT2D eigenvalue weighted by Crippen LogP contribution is 2.37. The van der Waals surface area contributed by atoms with Gasteiger partial charge in [-0.3, -0.25) is 9.59 Å². The highest BCUT2D eigenvalue weighted by Gasteiger charge is 2.44. The molecule has 1 aromatic heterocycles. The van der Waals surface area contributed by atoms with Crippen molar-refractivity contribution < 1.29 is 22.7 Å². The van der Waals surface area contributed by atoms with E-state index in [9.17, 15) is 18.0 Å². The number of hydrogen-bond donors (Lipinski definition) is 0. The molecule has 1 aliphatic rings. The second-order valence-corrected chi connectivity index (χ2v) is 10.6. The number of fused-ring (bicyclic) bond motifs is 1. The number of carbonyl (C=O) groups is 2. The first-order valence-corrected chi connectivity index (χ1v) is 12.1. The minimum atomic E-state index is -4.11. The predicted octanol–water partition coefficient (Wildman–Crippen LogP) is 4.09. The van der Waals surface area contributed by atoms with E-state index < -0.39 is 26.8 Å². The second-order valence-electron chi connectivity index (χ2n) is 7.37. The SMILES string of the molecule is COc1ccccc1C(=O)C(C1CCCC(=O)C1)S(=O)(=O)c1nc2ccccc2s1. The zero-order chi connectivity index (χ0) is 21.3. The van der Waals surface area contributed by atoms with Gasteiger partial charge in [-0.2, -0.15) is 0 Å². The lowest BCUT2D eigenvalue weighted by atomic mass is 9.83. The van der Waals surface area contributed by atoms with Gasteiger partial charge in [0.15, 0.2) is 5.78 Å². The number of ketones is 2. The Morgan fingerprint density at radius 3 is 2.63 bits per heavy atom. The van der Waals surface area contributed by atoms with Crippen molar-refractivity contribution in [2.45, 2.75) is 35.3 Å². The van der Waals surface area contributed by atoms with Gasteiger partial charge in [0.25, 0.3) is 0 Å². The highest BCUT2D eigenvalue weighted by atomic mass is 32.2. The smallest absolute Gasteiger partial charge is 0.215 e. The van der Waals surface area contributed by atoms with Gasteiger partial charge in [0, 0.05) is 12.8 Å². The number of ether oxygens (including phenoxy) is 1. The molecule has 0 N–H and O–H groups in total. The van der Waals surface area contributed by atoms with Crippen LogP contribution in [0.25, 0.3) is 10.2 Å². The molecule has 2 atom stereocenters. The second kappa shape index (κ2) is 8.28. The molecule has 2 aromatic carbocycles. The summed E-state index contributed by atoms with van der Waals surface area (Å²) in [5.74, 6) is -0.829. The van der Waals surface area contributed by atoms with E-state index in [0.717, 1.165) is 16.0 Å². The standard InChI is InChI=1S/C22H21NO5S2/c1-28-18-11-4-2-9-16(18)20(25)21(14-7-6-8-15(24)13-14)30(26,27)22-23-17-10-3-5-12-19(17)29-22/h2-5,9-12,14,21H,6-8,13H2,1H3. The minimum Gasteiger partial charge on any atom is -0.496 e. The number of carbonyl (C=O) groups excluding carboxylic acids is 2. The van der Waals surface area contributed by atoms with Crippen molar-refractivity contribution in [2.75, 3.05) is 7.11 Å². The molecule has 0 bridgehead atoms. The van der Waals surface area contributed by atoms with Crippen LogP contribution < -0.4 is 4.74 Å². The van der Waals surface area contributed by atoms with Crippen LogP contribution in [0.5, 0.6) is 5.75 Å². The molecule has 156 valence electrons. The number of Topliss-reactive ketones (excluding diaryl/α,β-unsaturated/α-hetero) is 2. The van der Waals surface area contributed by atoms with Crippen LogP contribution in [0.1, 0.15) is 36.0 Å². The van der Waals surface area contributed by atoms with Crippen molar-refractivity contribution in [2.24, 2.45) is 5.92 Å². The lowest BCUT2D eigenvalue weighted by molar-refractivity contribution is -0.121. The zero-order valence-electron chi connectivity index (χ0n) is 16.4. The number of benzene rings is 2. The minimum absolute atomic E-state index is 0.0106. The normalized spacial score (nSPS) is 18.3. The maximum atomic E-state index is 13.7. The number of hydrogen-bond acceptors (Lipinski definition) is 7. The van der Waals surface area contributed by atoms with Gasteiger partial charge in [0.1, 0.15) is 16.8 Å². The van der Waals surface area contributed by atoms with Gasteiger partial charge in [0.2, 0.25) is 14.2 Å². The number of sulfone groups is 1. The van der Waals surface area contributed by atoms with Crippen molar-refractivity contribution in [1.29, 1.82) is 0 Å². The van der Waals surface area contributed by atoms with E-state index in [4.69, 9.17) is 4.74 Å². The molecule has 3 aromatic rings. The van der Waals surface area contributed by atoms with Crippen LogP contribution in [0, 0.1) is 5.92 Å². The summed E-state index contributed by atoms with van der Waals surface area (Å²) in [7, 11) is -2.67. The summed E-state index contributed by atoms with van der Waals surface area (Å²) in [5.41, 5.74) is 0.775. The maximum Gasteiger partial charge on any atom is 0.215 e. The van der Waals surface area contributed by atoms with E-state index in [1.165, 1.54) is 7.11 Å². The summed E-state index contributed by atoms with van der Waals surface area (Å²) in [5, 5.41) is -1.38. The van der Waals surface area contributed by atoms with E-state index in [0.29, 0.717) is 30.5 Å². The predicted molar refractivity (Wildman–Crippen MR) is 115 cm³/mol. The lowest BCUT2D eigenvalue weighted by Crippen LogP contribution is -2.40. The van der Waals surface area contributed by atoms with Crippen LogP contribution in [-0.4, -0.2) is 37.3 Å². The van der Waals surface area contributed by atoms with Crippen LogP contribution in [0.15, 0.2) is 52.9 Å². The number of methoxy groups -OCH3 is 1. The highest BCUT2D eigenvalue weighted by molar-refractivity contribution is 7.94. The first-order chi connectivity index (χ1) is 14.4. The lowest BCUT2D eigenvalue weighted by Gasteiger charge is -2.28. The van der Waals surface area contributed by atoms with Gasteiger partial charge in [-0.1, -0.05) is 24.3 Å². The molecule has 1 saturated carbocycles. The molecule has 0 aliphatic heterocycles. The molecule has 1 heterocycles. The fraction of sp³-hybridized carbons (Fsp3) is 0.318. The van der Waals surface area contributed by atoms with E-state index in [-0.39, 0.29) is 22.1 Å². The summed E-state index contributed by atoms with van der Waals surface area (Å²) in [6, 6.07) is 13.7. The molecule has 0 amide bonds. The van der Waals surface area contributed by atoms with Gasteiger partial charge < -0.3 is 4.74 Å². The summed E-state index contributed by atoms with van der Waals surface area (Å²) >= 11 is 1.05. The fourth-order valence-electron chi connectivity index (χ4n) is 4.01. The Balaban J connectivity index is 1.84. The number of para-hydroxylation sites is 2. The Labute approximate surface area is 178 Å². The van der Waals surface area contributed by atoms with Crippen molar-refractivity contribution >= 4 is 43.0 Å². The topological polar surface area (TPSA) is 90.4 Å². The molecule has 2 unspecified atom stereocenters. The third-order valence-electron chi connectivity index (χ3n) is 5.43. The molecule has 8 heteroatoms. The van der Waals surface area contributed by atoms with Crippen molar-refractivity contribution in [3.05, 3.63) is 54.1 Å². The molecule has 1 fully saturated rings. The summed E-state index contributed by atoms with van der Waals surface area (Å²) in [4.78, 5) is 30.0. The molecule has 0 saturated heterocycles. The van der Waals surface area contributed by atoms with Gasteiger partial charge in [-0.25, -0.2) is 13.4 Å². The molecule has 4 rings (SSSR count). The monoisotopic (exact) mass is 443 g/mol. The van der Waals surface area contributed by atoms with E-state index in [1.54, 1.807) is 42.5 Å². The van der Waals surface area contributed by atoms with Gasteiger partial charge >= 0.3 is 0 Å². The number of aromatic nitrogens is 1. The van der Waals surface area contributed by atoms with E-state index in [2.05, 4.69) is 4.98 Å². The largest absolute Gasteiger partial charge is 0.496 e. The Morgan fingerprint density at radius 2 is 1.90 bits per heavy atom. The van der Waals surface area contributed by atoms with Crippen LogP contribution in [-0.2, 0) is 14.6 Å². The molecular weight excluding hydrogens is 422 g/mol.